The van der Waals surface area contributed by atoms with Gasteiger partial charge >= 0.3 is 0 Å². The highest BCUT2D eigenvalue weighted by Crippen LogP contribution is 2.36. The van der Waals surface area contributed by atoms with E-state index < -0.39 is 10.0 Å². The summed E-state index contributed by atoms with van der Waals surface area (Å²) in [5.41, 5.74) is -0.170. The topological polar surface area (TPSA) is 82.5 Å². The number of nitrogens with zero attached hydrogens (tertiary/aromatic N) is 2. The minimum Gasteiger partial charge on any atom is -0.392 e. The molecule has 0 aromatic carbocycles. The molecule has 1 aliphatic rings. The van der Waals surface area contributed by atoms with E-state index in [0.29, 0.717) is 12.4 Å². The molecule has 2 unspecified atom stereocenters. The Kier molecular flexibility index (Phi) is 6.69. The Hall–Kier alpha value is -1.18. The summed E-state index contributed by atoms with van der Waals surface area (Å²) in [6, 6.07) is 3.06. The van der Waals surface area contributed by atoms with Gasteiger partial charge in [0.25, 0.3) is 0 Å². The molecule has 1 aromatic heterocycles. The summed E-state index contributed by atoms with van der Waals surface area (Å²) in [6.45, 7) is 10.2. The fraction of sp³-hybridized carbons (Fsp3) is 0.737. The fourth-order valence-electron chi connectivity index (χ4n) is 3.79. The van der Waals surface area contributed by atoms with Crippen molar-refractivity contribution >= 4 is 15.8 Å². The molecule has 148 valence electrons. The minimum atomic E-state index is -3.57. The molecule has 2 atom stereocenters. The first-order chi connectivity index (χ1) is 12.1. The van der Waals surface area contributed by atoms with Crippen LogP contribution in [0.4, 0.5) is 5.82 Å². The second-order valence-corrected chi connectivity index (χ2v) is 10.0. The van der Waals surface area contributed by atoms with Gasteiger partial charge in [-0.2, -0.15) is 4.31 Å². The molecule has 0 radical (unpaired) electrons. The number of aromatic nitrogens is 1. The van der Waals surface area contributed by atoms with Crippen molar-refractivity contribution in [3.8, 4) is 0 Å². The van der Waals surface area contributed by atoms with Crippen LogP contribution in [0.2, 0.25) is 0 Å². The lowest BCUT2D eigenvalue weighted by Crippen LogP contribution is -2.42. The molecule has 0 amide bonds. The average molecular weight is 384 g/mol. The second-order valence-electron chi connectivity index (χ2n) is 8.17. The summed E-state index contributed by atoms with van der Waals surface area (Å²) in [5, 5.41) is 13.5. The van der Waals surface area contributed by atoms with Gasteiger partial charge in [0.05, 0.1) is 6.10 Å². The Morgan fingerprint density at radius 1 is 1.27 bits per heavy atom. The van der Waals surface area contributed by atoms with E-state index in [2.05, 4.69) is 17.2 Å². The minimum absolute atomic E-state index is 0.120. The number of anilines is 1. The number of hydrogen-bond donors (Lipinski definition) is 2. The van der Waals surface area contributed by atoms with Crippen LogP contribution in [0, 0.1) is 5.41 Å². The van der Waals surface area contributed by atoms with Crippen LogP contribution in [0.15, 0.2) is 23.2 Å². The van der Waals surface area contributed by atoms with E-state index >= 15 is 0 Å². The van der Waals surface area contributed by atoms with Crippen molar-refractivity contribution in [2.75, 3.05) is 11.9 Å². The lowest BCUT2D eigenvalue weighted by Gasteiger charge is -2.38. The summed E-state index contributed by atoms with van der Waals surface area (Å²) in [5.74, 6) is 0.628. The number of rotatable bonds is 7. The summed E-state index contributed by atoms with van der Waals surface area (Å²) in [4.78, 5) is 4.49. The Bertz CT molecular complexity index is 680. The molecule has 7 heteroatoms. The van der Waals surface area contributed by atoms with Crippen LogP contribution in [0.3, 0.4) is 0 Å². The summed E-state index contributed by atoms with van der Waals surface area (Å²) < 4.78 is 27.2. The largest absolute Gasteiger partial charge is 0.392 e. The van der Waals surface area contributed by atoms with E-state index in [1.807, 2.05) is 27.7 Å². The van der Waals surface area contributed by atoms with Crippen molar-refractivity contribution in [2.45, 2.75) is 83.4 Å². The quantitative estimate of drug-likeness (QED) is 0.755. The smallest absolute Gasteiger partial charge is 0.245 e. The maximum Gasteiger partial charge on any atom is 0.245 e. The molecular weight excluding hydrogens is 350 g/mol. The number of hydrogen-bond acceptors (Lipinski definition) is 5. The van der Waals surface area contributed by atoms with Gasteiger partial charge in [-0.1, -0.05) is 19.8 Å². The van der Waals surface area contributed by atoms with E-state index in [-0.39, 0.29) is 28.5 Å². The highest BCUT2D eigenvalue weighted by Gasteiger charge is 2.35. The van der Waals surface area contributed by atoms with Crippen molar-refractivity contribution in [1.82, 2.24) is 9.29 Å². The monoisotopic (exact) mass is 383 g/mol. The molecule has 26 heavy (non-hydrogen) atoms. The molecule has 1 saturated carbocycles. The molecule has 1 fully saturated rings. The Morgan fingerprint density at radius 3 is 2.42 bits per heavy atom. The first-order valence-electron chi connectivity index (χ1n) is 9.49. The molecular formula is C19H33N3O3S. The standard InChI is InChI=1S/C19H33N3O3S/c1-14(2)22(15(3)4)26(24,25)16-9-10-18(20-12-16)21-13-19(5)11-7-6-8-17(19)23/h9-10,12,14-15,17,23H,6-8,11,13H2,1-5H3,(H,20,21). The van der Waals surface area contributed by atoms with Crippen LogP contribution in [-0.2, 0) is 10.0 Å². The number of aliphatic hydroxyl groups excluding tert-OH is 1. The molecule has 1 heterocycles. The number of pyridine rings is 1. The lowest BCUT2D eigenvalue weighted by molar-refractivity contribution is 0.00958. The zero-order valence-corrected chi connectivity index (χ0v) is 17.4. The maximum absolute atomic E-state index is 12.9. The van der Waals surface area contributed by atoms with Crippen LogP contribution < -0.4 is 5.32 Å². The molecule has 0 spiro atoms. The third-order valence-corrected chi connectivity index (χ3v) is 7.52. The first-order valence-corrected chi connectivity index (χ1v) is 10.9. The zero-order chi connectivity index (χ0) is 19.5. The maximum atomic E-state index is 12.9. The third-order valence-electron chi connectivity index (χ3n) is 5.28. The molecule has 1 aliphatic carbocycles. The van der Waals surface area contributed by atoms with Crippen LogP contribution in [-0.4, -0.2) is 47.5 Å². The van der Waals surface area contributed by atoms with Crippen molar-refractivity contribution < 1.29 is 13.5 Å². The van der Waals surface area contributed by atoms with Crippen LogP contribution in [0.1, 0.15) is 60.3 Å². The van der Waals surface area contributed by atoms with Crippen LogP contribution >= 0.6 is 0 Å². The average Bonchev–Trinajstić information content (AvgIpc) is 2.55. The highest BCUT2D eigenvalue weighted by atomic mass is 32.2. The molecule has 2 N–H and O–H groups in total. The van der Waals surface area contributed by atoms with Crippen molar-refractivity contribution in [3.63, 3.8) is 0 Å². The first kappa shape index (κ1) is 21.1. The van der Waals surface area contributed by atoms with E-state index in [0.717, 1.165) is 25.7 Å². The predicted molar refractivity (Wildman–Crippen MR) is 105 cm³/mol. The number of sulfonamides is 1. The molecule has 0 bridgehead atoms. The summed E-state index contributed by atoms with van der Waals surface area (Å²) in [6.07, 6.45) is 5.11. The molecule has 2 rings (SSSR count). The third kappa shape index (κ3) is 4.56. The van der Waals surface area contributed by atoms with Crippen molar-refractivity contribution in [1.29, 1.82) is 0 Å². The predicted octanol–water partition coefficient (Wildman–Crippen LogP) is 3.24. The van der Waals surface area contributed by atoms with Gasteiger partial charge in [0.2, 0.25) is 10.0 Å². The van der Waals surface area contributed by atoms with Crippen molar-refractivity contribution in [2.24, 2.45) is 5.41 Å². The van der Waals surface area contributed by atoms with Gasteiger partial charge in [-0.3, -0.25) is 0 Å². The van der Waals surface area contributed by atoms with Gasteiger partial charge in [0.15, 0.2) is 0 Å². The van der Waals surface area contributed by atoms with Crippen molar-refractivity contribution in [3.05, 3.63) is 18.3 Å². The summed E-state index contributed by atoms with van der Waals surface area (Å²) in [7, 11) is -3.57. The van der Waals surface area contributed by atoms with E-state index in [4.69, 9.17) is 0 Å². The molecule has 0 aliphatic heterocycles. The van der Waals surface area contributed by atoms with Gasteiger partial charge in [0, 0.05) is 30.2 Å². The lowest BCUT2D eigenvalue weighted by atomic mass is 9.73. The summed E-state index contributed by atoms with van der Waals surface area (Å²) >= 11 is 0. The zero-order valence-electron chi connectivity index (χ0n) is 16.6. The Labute approximate surface area is 158 Å². The van der Waals surface area contributed by atoms with Crippen LogP contribution in [0.5, 0.6) is 0 Å². The molecule has 0 saturated heterocycles. The van der Waals surface area contributed by atoms with E-state index in [9.17, 15) is 13.5 Å². The van der Waals surface area contributed by atoms with Gasteiger partial charge in [0.1, 0.15) is 10.7 Å². The Morgan fingerprint density at radius 2 is 1.92 bits per heavy atom. The van der Waals surface area contributed by atoms with E-state index in [1.54, 1.807) is 12.1 Å². The molecule has 1 aromatic rings. The fourth-order valence-corrected chi connectivity index (χ4v) is 5.57. The SMILES string of the molecule is CC(C)N(C(C)C)S(=O)(=O)c1ccc(NCC2(C)CCCCC2O)nc1. The number of nitrogens with one attached hydrogen (secondary N) is 1. The van der Waals surface area contributed by atoms with Gasteiger partial charge < -0.3 is 10.4 Å². The molecule has 6 nitrogen and oxygen atoms in total. The van der Waals surface area contributed by atoms with Gasteiger partial charge in [-0.05, 0) is 52.7 Å². The van der Waals surface area contributed by atoms with Crippen LogP contribution in [0.25, 0.3) is 0 Å². The number of aliphatic hydroxyl groups is 1. The van der Waals surface area contributed by atoms with Gasteiger partial charge in [-0.25, -0.2) is 13.4 Å². The van der Waals surface area contributed by atoms with Gasteiger partial charge in [-0.15, -0.1) is 0 Å². The highest BCUT2D eigenvalue weighted by molar-refractivity contribution is 7.89. The Balaban J connectivity index is 2.10. The van der Waals surface area contributed by atoms with E-state index in [1.165, 1.54) is 10.5 Å². The second kappa shape index (κ2) is 8.23. The normalized spacial score (nSPS) is 24.4.